The second-order valence-electron chi connectivity index (χ2n) is 6.65. The summed E-state index contributed by atoms with van der Waals surface area (Å²) in [4.78, 5) is 0. The number of methoxy groups -OCH3 is 2. The molecule has 0 spiro atoms. The van der Waals surface area contributed by atoms with Crippen LogP contribution in [0.3, 0.4) is 0 Å². The van der Waals surface area contributed by atoms with Gasteiger partial charge in [-0.3, -0.25) is 0 Å². The molecule has 28 heavy (non-hydrogen) atoms. The minimum atomic E-state index is -2.62. The third kappa shape index (κ3) is 9.06. The summed E-state index contributed by atoms with van der Waals surface area (Å²) in [6.45, 7) is 6.23. The third-order valence-electron chi connectivity index (χ3n) is 4.66. The second kappa shape index (κ2) is 13.0. The van der Waals surface area contributed by atoms with Crippen molar-refractivity contribution in [1.29, 1.82) is 0 Å². The molecule has 2 rings (SSSR count). The molecule has 0 fully saturated rings. The molecule has 5 nitrogen and oxygen atoms in total. The van der Waals surface area contributed by atoms with Gasteiger partial charge in [-0.15, -0.1) is 6.58 Å². The lowest BCUT2D eigenvalue weighted by atomic mass is 9.81. The Bertz CT molecular complexity index is 713. The molecule has 0 aliphatic carbocycles. The molecule has 0 bridgehead atoms. The van der Waals surface area contributed by atoms with Crippen LogP contribution in [0.5, 0.6) is 11.5 Å². The number of hydrogen-bond acceptors (Lipinski definition) is 4. The molecule has 1 atom stereocenters. The molecule has 2 aromatic rings. The normalized spacial score (nSPS) is 11.5. The summed E-state index contributed by atoms with van der Waals surface area (Å²) in [6.07, 6.45) is 5.19. The lowest BCUT2D eigenvalue weighted by Gasteiger charge is -2.24. The van der Waals surface area contributed by atoms with Crippen LogP contribution in [0.15, 0.2) is 61.2 Å². The predicted octanol–water partition coefficient (Wildman–Crippen LogP) is 3.79. The van der Waals surface area contributed by atoms with E-state index in [4.69, 9.17) is 17.9 Å². The zero-order valence-corrected chi connectivity index (χ0v) is 17.7. The molecule has 2 N–H and O–H groups in total. The highest BCUT2D eigenvalue weighted by Crippen LogP contribution is 2.26. The summed E-state index contributed by atoms with van der Waals surface area (Å²) in [6, 6.07) is 16.8. The summed E-state index contributed by atoms with van der Waals surface area (Å²) in [7, 11) is 0.784. The molecule has 0 saturated carbocycles. The van der Waals surface area contributed by atoms with Gasteiger partial charge in [0.1, 0.15) is 11.5 Å². The van der Waals surface area contributed by atoms with E-state index in [2.05, 4.69) is 42.9 Å². The number of ether oxygens (including phenoxy) is 2. The lowest BCUT2D eigenvalue weighted by molar-refractivity contribution is 0.355. The van der Waals surface area contributed by atoms with Crippen LogP contribution in [0.4, 0.5) is 0 Å². The van der Waals surface area contributed by atoms with E-state index in [0.29, 0.717) is 11.8 Å². The molecule has 0 aliphatic heterocycles. The number of benzene rings is 2. The van der Waals surface area contributed by atoms with Crippen molar-refractivity contribution in [2.75, 3.05) is 14.2 Å². The van der Waals surface area contributed by atoms with Crippen molar-refractivity contribution in [3.05, 3.63) is 72.3 Å². The van der Waals surface area contributed by atoms with Crippen LogP contribution < -0.4 is 14.6 Å². The molecular weight excluding hydrogens is 374 g/mol. The number of hydrogen-bond donors (Lipinski definition) is 2. The van der Waals surface area contributed by atoms with Crippen LogP contribution in [-0.4, -0.2) is 22.6 Å². The van der Waals surface area contributed by atoms with Crippen molar-refractivity contribution in [2.45, 2.75) is 26.2 Å². The standard InChI is InChI=1S/C22H28O2.H3NO2S/c1-5-6-17(2)20(15-18-7-11-21(23-3)12-8-18)16-19-9-13-22(24-4)14-10-19;1-4(2)3/h5,7-14,17,20H,1,6,15-16H2,2-4H3;4H,(H2,1,2,3). The van der Waals surface area contributed by atoms with Crippen molar-refractivity contribution in [3.63, 3.8) is 0 Å². The maximum absolute atomic E-state index is 8.81. The average molecular weight is 406 g/mol. The fraction of sp³-hybridized carbons (Fsp3) is 0.364. The van der Waals surface area contributed by atoms with E-state index in [9.17, 15) is 0 Å². The highest BCUT2D eigenvalue weighted by atomic mass is 32.2. The lowest BCUT2D eigenvalue weighted by Crippen LogP contribution is -2.17. The van der Waals surface area contributed by atoms with Crippen molar-refractivity contribution >= 4 is 10.9 Å². The summed E-state index contributed by atoms with van der Waals surface area (Å²) in [5.74, 6) is 2.98. The topological polar surface area (TPSA) is 78.6 Å². The first-order valence-electron chi connectivity index (χ1n) is 9.15. The van der Waals surface area contributed by atoms with Gasteiger partial charge in [0, 0.05) is 0 Å². The van der Waals surface area contributed by atoms with Crippen molar-refractivity contribution < 1.29 is 17.9 Å². The monoisotopic (exact) mass is 405 g/mol. The van der Waals surface area contributed by atoms with E-state index in [1.165, 1.54) is 11.1 Å². The van der Waals surface area contributed by atoms with Gasteiger partial charge in [-0.2, -0.15) is 0 Å². The number of nitrogens with two attached hydrogens (primary N) is 1. The molecule has 154 valence electrons. The molecule has 0 heterocycles. The molecule has 6 heteroatoms. The minimum Gasteiger partial charge on any atom is -0.497 e. The Labute approximate surface area is 170 Å². The number of allylic oxidation sites excluding steroid dienone is 1. The Hall–Kier alpha value is -2.31. The maximum atomic E-state index is 8.81. The molecule has 0 radical (unpaired) electrons. The van der Waals surface area contributed by atoms with E-state index in [-0.39, 0.29) is 0 Å². The van der Waals surface area contributed by atoms with Crippen LogP contribution in [0, 0.1) is 11.8 Å². The SMILES string of the molecule is C=CCC(C)C(Cc1ccc(OC)cc1)Cc1ccc(OC)cc1.N[SH](=O)=O. The highest BCUT2D eigenvalue weighted by Gasteiger charge is 2.18. The zero-order valence-electron chi connectivity index (χ0n) is 16.8. The van der Waals surface area contributed by atoms with Crippen molar-refractivity contribution in [2.24, 2.45) is 17.0 Å². The van der Waals surface area contributed by atoms with Crippen LogP contribution >= 0.6 is 0 Å². The van der Waals surface area contributed by atoms with Gasteiger partial charge in [0.2, 0.25) is 0 Å². The summed E-state index contributed by atoms with van der Waals surface area (Å²) < 4.78 is 28.1. The molecule has 1 unspecified atom stereocenters. The summed E-state index contributed by atoms with van der Waals surface area (Å²) in [5.41, 5.74) is 2.70. The van der Waals surface area contributed by atoms with E-state index >= 15 is 0 Å². The fourth-order valence-electron chi connectivity index (χ4n) is 3.06. The number of thiol groups is 1. The molecule has 0 aliphatic rings. The first kappa shape index (κ1) is 23.7. The van der Waals surface area contributed by atoms with Gasteiger partial charge >= 0.3 is 0 Å². The molecule has 0 amide bonds. The smallest absolute Gasteiger partial charge is 0.198 e. The second-order valence-corrected chi connectivity index (χ2v) is 7.22. The van der Waals surface area contributed by atoms with Gasteiger partial charge in [0.15, 0.2) is 10.9 Å². The molecule has 0 saturated heterocycles. The van der Waals surface area contributed by atoms with E-state index in [1.807, 2.05) is 30.3 Å². The zero-order chi connectivity index (χ0) is 20.9. The van der Waals surface area contributed by atoms with Gasteiger partial charge in [0.05, 0.1) is 14.2 Å². The number of rotatable bonds is 9. The van der Waals surface area contributed by atoms with Gasteiger partial charge < -0.3 is 9.47 Å². The quantitative estimate of drug-likeness (QED) is 0.491. The van der Waals surface area contributed by atoms with Crippen LogP contribution in [0.1, 0.15) is 24.5 Å². The van der Waals surface area contributed by atoms with Crippen LogP contribution in [0.2, 0.25) is 0 Å². The first-order valence-corrected chi connectivity index (χ1v) is 10.4. The summed E-state index contributed by atoms with van der Waals surface area (Å²) >= 11 is 0. The van der Waals surface area contributed by atoms with E-state index < -0.39 is 10.9 Å². The maximum Gasteiger partial charge on any atom is 0.198 e. The Morgan fingerprint density at radius 3 is 1.57 bits per heavy atom. The molecule has 2 aromatic carbocycles. The van der Waals surface area contributed by atoms with Gasteiger partial charge in [-0.1, -0.05) is 37.3 Å². The van der Waals surface area contributed by atoms with Gasteiger partial charge in [-0.05, 0) is 66.5 Å². The average Bonchev–Trinajstić information content (AvgIpc) is 2.68. The Morgan fingerprint density at radius 2 is 1.29 bits per heavy atom. The van der Waals surface area contributed by atoms with Gasteiger partial charge in [0.25, 0.3) is 0 Å². The molecular formula is C22H31NO4S. The Morgan fingerprint density at radius 1 is 0.929 bits per heavy atom. The Balaban J connectivity index is 0.000000892. The van der Waals surface area contributed by atoms with Crippen LogP contribution in [0.25, 0.3) is 0 Å². The third-order valence-corrected chi connectivity index (χ3v) is 4.66. The molecule has 0 aromatic heterocycles. The largest absolute Gasteiger partial charge is 0.497 e. The van der Waals surface area contributed by atoms with E-state index in [0.717, 1.165) is 30.8 Å². The fourth-order valence-corrected chi connectivity index (χ4v) is 3.06. The first-order chi connectivity index (χ1) is 13.4. The minimum absolute atomic E-state index is 0.574. The highest BCUT2D eigenvalue weighted by molar-refractivity contribution is 7.69. The van der Waals surface area contributed by atoms with Gasteiger partial charge in [-0.25, -0.2) is 13.6 Å². The van der Waals surface area contributed by atoms with Crippen LogP contribution in [-0.2, 0) is 23.7 Å². The Kier molecular flexibility index (Phi) is 11.0. The van der Waals surface area contributed by atoms with Crippen molar-refractivity contribution in [3.8, 4) is 11.5 Å². The predicted molar refractivity (Wildman–Crippen MR) is 115 cm³/mol. The van der Waals surface area contributed by atoms with E-state index in [1.54, 1.807) is 14.2 Å². The van der Waals surface area contributed by atoms with Crippen molar-refractivity contribution in [1.82, 2.24) is 0 Å². The summed E-state index contributed by atoms with van der Waals surface area (Å²) in [5, 5.41) is 4.06.